The van der Waals surface area contributed by atoms with Crippen molar-refractivity contribution in [2.75, 3.05) is 5.32 Å². The minimum Gasteiger partial charge on any atom is -0.361 e. The molecule has 8 nitrogen and oxygen atoms in total. The molecule has 8 heteroatoms. The van der Waals surface area contributed by atoms with Crippen molar-refractivity contribution in [1.29, 1.82) is 5.26 Å². The average molecular weight is 410 g/mol. The maximum Gasteiger partial charge on any atom is 0.328 e. The molecular weight excluding hydrogens is 392 g/mol. The highest BCUT2D eigenvalue weighted by atomic mass is 16.1. The minimum atomic E-state index is -0.249. The zero-order valence-corrected chi connectivity index (χ0v) is 17.2. The van der Waals surface area contributed by atoms with Crippen LogP contribution in [0.1, 0.15) is 11.1 Å². The average Bonchev–Trinajstić information content (AvgIpc) is 3.25. The van der Waals surface area contributed by atoms with Crippen LogP contribution in [-0.2, 0) is 14.1 Å². The van der Waals surface area contributed by atoms with Crippen LogP contribution >= 0.6 is 0 Å². The fourth-order valence-corrected chi connectivity index (χ4v) is 4.04. The van der Waals surface area contributed by atoms with E-state index < -0.39 is 0 Å². The predicted molar refractivity (Wildman–Crippen MR) is 120 cm³/mol. The Morgan fingerprint density at radius 2 is 1.77 bits per heavy atom. The molecule has 2 aromatic carbocycles. The maximum atomic E-state index is 13.3. The van der Waals surface area contributed by atoms with E-state index in [-0.39, 0.29) is 11.2 Å². The summed E-state index contributed by atoms with van der Waals surface area (Å²) in [5.41, 5.74) is 4.58. The fraction of sp³-hybridized carbons (Fsp3) is 0.130. The molecule has 0 saturated heterocycles. The van der Waals surface area contributed by atoms with Crippen molar-refractivity contribution in [2.24, 2.45) is 14.1 Å². The number of anilines is 1. The van der Waals surface area contributed by atoms with Crippen LogP contribution < -0.4 is 21.8 Å². The van der Waals surface area contributed by atoms with Crippen molar-refractivity contribution in [3.8, 4) is 6.07 Å². The number of aromatic nitrogens is 4. The third kappa shape index (κ3) is 2.57. The van der Waals surface area contributed by atoms with Gasteiger partial charge >= 0.3 is 5.69 Å². The number of para-hydroxylation sites is 2. The molecule has 0 atom stereocenters. The smallest absolute Gasteiger partial charge is 0.328 e. The number of hydrogen-bond acceptors (Lipinski definition) is 5. The first-order chi connectivity index (χ1) is 14.9. The lowest BCUT2D eigenvalue weighted by atomic mass is 10.1. The molecule has 152 valence electrons. The molecule has 1 N–H and O–H groups in total. The van der Waals surface area contributed by atoms with Crippen LogP contribution in [0.5, 0.6) is 0 Å². The second-order valence-electron chi connectivity index (χ2n) is 7.48. The third-order valence-electron chi connectivity index (χ3n) is 5.76. The van der Waals surface area contributed by atoms with Crippen molar-refractivity contribution in [2.45, 2.75) is 6.92 Å². The summed E-state index contributed by atoms with van der Waals surface area (Å²) in [7, 11) is 3.44. The molecular formula is C23H18N6O2. The van der Waals surface area contributed by atoms with Crippen LogP contribution in [0, 0.1) is 18.3 Å². The Kier molecular flexibility index (Phi) is 3.95. The molecule has 0 fully saturated rings. The second kappa shape index (κ2) is 6.57. The molecule has 0 bridgehead atoms. The standard InChI is InChI=1S/C23H18N6O2/c1-13-15(11-24)21-26-17-6-4-5-7-18(17)29(21)22(30)16(13)12-25-14-8-9-19-20(10-14)28(3)23(31)27(19)2/h4-10,12,25H,1-3H3/b16-12-. The molecule has 0 aliphatic heterocycles. The van der Waals surface area contributed by atoms with E-state index in [0.717, 1.165) is 16.7 Å². The molecule has 3 heterocycles. The SMILES string of the molecule is Cc1c(C#N)c2nc3ccccc3n2c(=O)/c1=C\Nc1ccc2c(c1)n(C)c(=O)n2C. The fourth-order valence-electron chi connectivity index (χ4n) is 4.04. The molecule has 5 aromatic rings. The molecule has 31 heavy (non-hydrogen) atoms. The van der Waals surface area contributed by atoms with Gasteiger partial charge in [0.25, 0.3) is 5.56 Å². The van der Waals surface area contributed by atoms with Crippen molar-refractivity contribution in [1.82, 2.24) is 18.5 Å². The van der Waals surface area contributed by atoms with Crippen molar-refractivity contribution >= 4 is 39.6 Å². The molecule has 0 aliphatic carbocycles. The van der Waals surface area contributed by atoms with Gasteiger partial charge in [-0.3, -0.25) is 18.3 Å². The zero-order chi connectivity index (χ0) is 21.9. The van der Waals surface area contributed by atoms with Gasteiger partial charge in [0.05, 0.1) is 32.8 Å². The van der Waals surface area contributed by atoms with E-state index in [1.54, 1.807) is 36.4 Å². The van der Waals surface area contributed by atoms with E-state index in [1.807, 2.05) is 42.5 Å². The highest BCUT2D eigenvalue weighted by Crippen LogP contribution is 2.19. The van der Waals surface area contributed by atoms with Crippen LogP contribution in [0.4, 0.5) is 5.69 Å². The lowest BCUT2D eigenvalue weighted by molar-refractivity contribution is 0.795. The van der Waals surface area contributed by atoms with Crippen LogP contribution in [0.15, 0.2) is 52.1 Å². The van der Waals surface area contributed by atoms with E-state index in [4.69, 9.17) is 0 Å². The summed E-state index contributed by atoms with van der Waals surface area (Å²) in [4.78, 5) is 30.0. The first kappa shape index (κ1) is 18.6. The Balaban J connectivity index is 1.73. The van der Waals surface area contributed by atoms with Crippen LogP contribution in [0.25, 0.3) is 33.9 Å². The number of hydrogen-bond donors (Lipinski definition) is 1. The number of rotatable bonds is 2. The summed E-state index contributed by atoms with van der Waals surface area (Å²) < 4.78 is 4.64. The Morgan fingerprint density at radius 3 is 2.55 bits per heavy atom. The van der Waals surface area contributed by atoms with Crippen molar-refractivity contribution in [3.05, 3.63) is 79.6 Å². The zero-order valence-electron chi connectivity index (χ0n) is 17.2. The Labute approximate surface area is 175 Å². The Morgan fingerprint density at radius 1 is 1.03 bits per heavy atom. The van der Waals surface area contributed by atoms with Gasteiger partial charge in [0.2, 0.25) is 0 Å². The number of fused-ring (bicyclic) bond motifs is 4. The lowest BCUT2D eigenvalue weighted by Crippen LogP contribution is -2.34. The number of nitrogens with one attached hydrogen (secondary N) is 1. The van der Waals surface area contributed by atoms with Crippen molar-refractivity contribution < 1.29 is 0 Å². The summed E-state index contributed by atoms with van der Waals surface area (Å²) in [6.45, 7) is 1.75. The van der Waals surface area contributed by atoms with Crippen LogP contribution in [0.3, 0.4) is 0 Å². The molecule has 0 saturated carbocycles. The number of nitriles is 1. The highest BCUT2D eigenvalue weighted by Gasteiger charge is 2.16. The van der Waals surface area contributed by atoms with Gasteiger partial charge in [-0.05, 0) is 42.8 Å². The second-order valence-corrected chi connectivity index (χ2v) is 7.48. The van der Waals surface area contributed by atoms with E-state index in [2.05, 4.69) is 16.4 Å². The number of aryl methyl sites for hydroxylation is 2. The van der Waals surface area contributed by atoms with Gasteiger partial charge in [-0.1, -0.05) is 12.1 Å². The van der Waals surface area contributed by atoms with Gasteiger partial charge in [0.15, 0.2) is 5.65 Å². The summed E-state index contributed by atoms with van der Waals surface area (Å²) in [6, 6.07) is 15.1. The van der Waals surface area contributed by atoms with E-state index in [9.17, 15) is 14.9 Å². The van der Waals surface area contributed by atoms with Gasteiger partial charge in [-0.15, -0.1) is 0 Å². The van der Waals surface area contributed by atoms with E-state index >= 15 is 0 Å². The van der Waals surface area contributed by atoms with Gasteiger partial charge in [0, 0.05) is 26.0 Å². The number of pyridine rings is 1. The van der Waals surface area contributed by atoms with Gasteiger partial charge in [-0.25, -0.2) is 9.78 Å². The Hall–Kier alpha value is -4.38. The monoisotopic (exact) mass is 410 g/mol. The van der Waals surface area contributed by atoms with Gasteiger partial charge in [-0.2, -0.15) is 5.26 Å². The summed E-state index contributed by atoms with van der Waals surface area (Å²) in [5, 5.41) is 13.3. The molecule has 3 aromatic heterocycles. The van der Waals surface area contributed by atoms with E-state index in [0.29, 0.717) is 33.0 Å². The number of benzene rings is 2. The minimum absolute atomic E-state index is 0.107. The maximum absolute atomic E-state index is 13.3. The summed E-state index contributed by atoms with van der Waals surface area (Å²) in [6.07, 6.45) is 1.61. The largest absolute Gasteiger partial charge is 0.361 e. The molecule has 0 unspecified atom stereocenters. The van der Waals surface area contributed by atoms with E-state index in [1.165, 1.54) is 4.40 Å². The van der Waals surface area contributed by atoms with Gasteiger partial charge in [0.1, 0.15) is 6.07 Å². The molecule has 0 radical (unpaired) electrons. The first-order valence-electron chi connectivity index (χ1n) is 9.68. The quantitative estimate of drug-likeness (QED) is 0.479. The molecule has 0 spiro atoms. The number of nitrogens with zero attached hydrogens (tertiary/aromatic N) is 5. The normalized spacial score (nSPS) is 12.1. The van der Waals surface area contributed by atoms with Crippen LogP contribution in [0.2, 0.25) is 0 Å². The van der Waals surface area contributed by atoms with Gasteiger partial charge < -0.3 is 5.32 Å². The predicted octanol–water partition coefficient (Wildman–Crippen LogP) is 1.79. The molecule has 0 aliphatic rings. The lowest BCUT2D eigenvalue weighted by Gasteiger charge is -2.05. The highest BCUT2D eigenvalue weighted by molar-refractivity contribution is 5.83. The first-order valence-corrected chi connectivity index (χ1v) is 9.68. The molecule has 5 rings (SSSR count). The topological polar surface area (TPSA) is 97.1 Å². The third-order valence-corrected chi connectivity index (χ3v) is 5.76. The number of imidazole rings is 2. The Bertz CT molecular complexity index is 1750. The molecule has 0 amide bonds. The summed E-state index contributed by atoms with van der Waals surface area (Å²) in [5.74, 6) is 0. The van der Waals surface area contributed by atoms with Crippen LogP contribution in [-0.4, -0.2) is 18.5 Å². The van der Waals surface area contributed by atoms with Crippen molar-refractivity contribution in [3.63, 3.8) is 0 Å². The summed E-state index contributed by atoms with van der Waals surface area (Å²) >= 11 is 0.